The zero-order chi connectivity index (χ0) is 16.7. The monoisotopic (exact) mass is 308 g/mol. The second kappa shape index (κ2) is 8.61. The molecule has 0 aliphatic rings. The molecular weight excluding hydrogens is 280 g/mol. The van der Waals surface area contributed by atoms with Crippen LogP contribution in [0.2, 0.25) is 0 Å². The molecule has 1 atom stereocenters. The quantitative estimate of drug-likeness (QED) is 0.570. The van der Waals surface area contributed by atoms with Gasteiger partial charge < -0.3 is 15.0 Å². The van der Waals surface area contributed by atoms with E-state index in [1.807, 2.05) is 6.92 Å². The Morgan fingerprint density at radius 3 is 2.50 bits per heavy atom. The lowest BCUT2D eigenvalue weighted by Gasteiger charge is -2.13. The molecule has 0 bridgehead atoms. The molecule has 1 unspecified atom stereocenters. The number of aromatic nitrogens is 1. The number of hydrogen-bond donors (Lipinski definition) is 2. The van der Waals surface area contributed by atoms with Gasteiger partial charge in [0.2, 0.25) is 0 Å². The third-order valence-corrected chi connectivity index (χ3v) is 3.76. The Morgan fingerprint density at radius 2 is 1.91 bits per heavy atom. The van der Waals surface area contributed by atoms with Gasteiger partial charge in [-0.3, -0.25) is 4.79 Å². The van der Waals surface area contributed by atoms with Gasteiger partial charge in [-0.2, -0.15) is 0 Å². The summed E-state index contributed by atoms with van der Waals surface area (Å²) in [5.41, 5.74) is 2.22. The van der Waals surface area contributed by atoms with E-state index in [1.165, 1.54) is 12.8 Å². The Hall–Kier alpha value is -1.78. The van der Waals surface area contributed by atoms with Crippen LogP contribution >= 0.6 is 0 Å². The highest BCUT2D eigenvalue weighted by Crippen LogP contribution is 2.19. The summed E-state index contributed by atoms with van der Waals surface area (Å²) in [4.78, 5) is 27.3. The van der Waals surface area contributed by atoms with Crippen LogP contribution < -0.4 is 5.32 Å². The maximum atomic E-state index is 12.4. The molecule has 0 fully saturated rings. The molecule has 1 amide bonds. The van der Waals surface area contributed by atoms with Crippen molar-refractivity contribution in [3.05, 3.63) is 22.5 Å². The first-order chi connectivity index (χ1) is 10.4. The summed E-state index contributed by atoms with van der Waals surface area (Å²) >= 11 is 0. The van der Waals surface area contributed by atoms with E-state index in [-0.39, 0.29) is 17.9 Å². The third-order valence-electron chi connectivity index (χ3n) is 3.76. The third kappa shape index (κ3) is 4.61. The summed E-state index contributed by atoms with van der Waals surface area (Å²) in [6, 6.07) is 0.119. The van der Waals surface area contributed by atoms with E-state index in [9.17, 15) is 9.59 Å². The number of hydrogen-bond acceptors (Lipinski definition) is 3. The molecule has 0 radical (unpaired) electrons. The molecule has 124 valence electrons. The topological polar surface area (TPSA) is 71.2 Å². The van der Waals surface area contributed by atoms with Crippen molar-refractivity contribution >= 4 is 11.9 Å². The van der Waals surface area contributed by atoms with Crippen LogP contribution in [0.1, 0.15) is 78.6 Å². The maximum Gasteiger partial charge on any atom is 0.340 e. The lowest BCUT2D eigenvalue weighted by Crippen LogP contribution is -2.33. The van der Waals surface area contributed by atoms with Gasteiger partial charge in [0.05, 0.1) is 12.2 Å². The number of esters is 1. The Bertz CT molecular complexity index is 520. The summed E-state index contributed by atoms with van der Waals surface area (Å²) in [5.74, 6) is -0.552. The Balaban J connectivity index is 2.78. The predicted molar refractivity (Wildman–Crippen MR) is 87.3 cm³/mol. The standard InChI is InChI=1S/C17H28N2O3/c1-6-8-9-10-11(3)18-16(20)15-12(4)14(13(5)19-15)17(21)22-7-2/h11,19H,6-10H2,1-5H3,(H,18,20). The first-order valence-electron chi connectivity index (χ1n) is 8.09. The molecule has 5 nitrogen and oxygen atoms in total. The average Bonchev–Trinajstić information content (AvgIpc) is 2.74. The van der Waals surface area contributed by atoms with E-state index >= 15 is 0 Å². The first kappa shape index (κ1) is 18.3. The van der Waals surface area contributed by atoms with Crippen molar-refractivity contribution in [3.63, 3.8) is 0 Å². The van der Waals surface area contributed by atoms with Gasteiger partial charge in [-0.15, -0.1) is 0 Å². The van der Waals surface area contributed by atoms with Gasteiger partial charge in [0.15, 0.2) is 0 Å². The van der Waals surface area contributed by atoms with Gasteiger partial charge in [-0.25, -0.2) is 4.79 Å². The number of ether oxygens (including phenoxy) is 1. The zero-order valence-electron chi connectivity index (χ0n) is 14.3. The van der Waals surface area contributed by atoms with Crippen LogP contribution in [0.5, 0.6) is 0 Å². The van der Waals surface area contributed by atoms with Crippen molar-refractivity contribution in [2.24, 2.45) is 0 Å². The molecule has 0 aliphatic carbocycles. The molecule has 0 saturated carbocycles. The highest BCUT2D eigenvalue weighted by Gasteiger charge is 2.23. The largest absolute Gasteiger partial charge is 0.462 e. The molecule has 0 spiro atoms. The maximum absolute atomic E-state index is 12.4. The normalized spacial score (nSPS) is 12.0. The van der Waals surface area contributed by atoms with Crippen LogP contribution in [0.25, 0.3) is 0 Å². The highest BCUT2D eigenvalue weighted by molar-refractivity contribution is 6.00. The molecule has 1 rings (SSSR count). The van der Waals surface area contributed by atoms with E-state index in [4.69, 9.17) is 4.74 Å². The minimum absolute atomic E-state index is 0.119. The summed E-state index contributed by atoms with van der Waals surface area (Å²) in [6.45, 7) is 9.79. The second-order valence-corrected chi connectivity index (χ2v) is 5.72. The molecule has 5 heteroatoms. The highest BCUT2D eigenvalue weighted by atomic mass is 16.5. The Morgan fingerprint density at radius 1 is 1.23 bits per heavy atom. The van der Waals surface area contributed by atoms with Gasteiger partial charge in [0.25, 0.3) is 5.91 Å². The van der Waals surface area contributed by atoms with E-state index in [2.05, 4.69) is 17.2 Å². The number of unbranched alkanes of at least 4 members (excludes halogenated alkanes) is 2. The van der Waals surface area contributed by atoms with Crippen molar-refractivity contribution in [1.82, 2.24) is 10.3 Å². The molecule has 1 heterocycles. The lowest BCUT2D eigenvalue weighted by atomic mass is 10.1. The van der Waals surface area contributed by atoms with Crippen molar-refractivity contribution in [2.45, 2.75) is 66.3 Å². The Labute approximate surface area is 132 Å². The zero-order valence-corrected chi connectivity index (χ0v) is 14.3. The molecule has 2 N–H and O–H groups in total. The van der Waals surface area contributed by atoms with E-state index in [0.717, 1.165) is 12.8 Å². The van der Waals surface area contributed by atoms with Crippen LogP contribution in [0.3, 0.4) is 0 Å². The van der Waals surface area contributed by atoms with Crippen molar-refractivity contribution < 1.29 is 14.3 Å². The number of carbonyl (C=O) groups is 2. The number of carbonyl (C=O) groups excluding carboxylic acids is 2. The number of rotatable bonds is 8. The van der Waals surface area contributed by atoms with Gasteiger partial charge in [-0.05, 0) is 39.7 Å². The summed E-state index contributed by atoms with van der Waals surface area (Å²) in [6.07, 6.45) is 4.41. The summed E-state index contributed by atoms with van der Waals surface area (Å²) < 4.78 is 5.04. The van der Waals surface area contributed by atoms with Crippen LogP contribution in [0.4, 0.5) is 0 Å². The Kier molecular flexibility index (Phi) is 7.15. The first-order valence-corrected chi connectivity index (χ1v) is 8.09. The lowest BCUT2D eigenvalue weighted by molar-refractivity contribution is 0.0525. The number of aromatic amines is 1. The number of nitrogens with one attached hydrogen (secondary N) is 2. The minimum Gasteiger partial charge on any atom is -0.462 e. The number of H-pyrrole nitrogens is 1. The molecule has 22 heavy (non-hydrogen) atoms. The van der Waals surface area contributed by atoms with Crippen LogP contribution in [-0.2, 0) is 4.74 Å². The predicted octanol–water partition coefficient (Wildman–Crippen LogP) is 3.51. The fraction of sp³-hybridized carbons (Fsp3) is 0.647. The molecular formula is C17H28N2O3. The fourth-order valence-electron chi connectivity index (χ4n) is 2.56. The fourth-order valence-corrected chi connectivity index (χ4v) is 2.56. The van der Waals surface area contributed by atoms with E-state index < -0.39 is 0 Å². The van der Waals surface area contributed by atoms with Gasteiger partial charge in [0.1, 0.15) is 5.69 Å². The number of amides is 1. The van der Waals surface area contributed by atoms with Gasteiger partial charge in [-0.1, -0.05) is 26.2 Å². The van der Waals surface area contributed by atoms with Crippen LogP contribution in [0.15, 0.2) is 0 Å². The van der Waals surface area contributed by atoms with Crippen LogP contribution in [0, 0.1) is 13.8 Å². The molecule has 0 aliphatic heterocycles. The van der Waals surface area contributed by atoms with Crippen molar-refractivity contribution in [3.8, 4) is 0 Å². The number of aryl methyl sites for hydroxylation is 1. The van der Waals surface area contributed by atoms with Gasteiger partial charge in [0, 0.05) is 11.7 Å². The van der Waals surface area contributed by atoms with E-state index in [0.29, 0.717) is 29.1 Å². The molecule has 1 aromatic heterocycles. The molecule has 1 aromatic rings. The SMILES string of the molecule is CCCCCC(C)NC(=O)c1[nH]c(C)c(C(=O)OCC)c1C. The smallest absolute Gasteiger partial charge is 0.340 e. The molecule has 0 aromatic carbocycles. The molecule has 0 saturated heterocycles. The minimum atomic E-state index is -0.385. The average molecular weight is 308 g/mol. The van der Waals surface area contributed by atoms with Gasteiger partial charge >= 0.3 is 5.97 Å². The summed E-state index contributed by atoms with van der Waals surface area (Å²) in [5, 5.41) is 2.99. The van der Waals surface area contributed by atoms with Crippen molar-refractivity contribution in [1.29, 1.82) is 0 Å². The van der Waals surface area contributed by atoms with Crippen LogP contribution in [-0.4, -0.2) is 29.5 Å². The van der Waals surface area contributed by atoms with Crippen molar-refractivity contribution in [2.75, 3.05) is 6.61 Å². The second-order valence-electron chi connectivity index (χ2n) is 5.72. The summed E-state index contributed by atoms with van der Waals surface area (Å²) in [7, 11) is 0. The van der Waals surface area contributed by atoms with E-state index in [1.54, 1.807) is 20.8 Å².